The summed E-state index contributed by atoms with van der Waals surface area (Å²) in [5, 5.41) is 0. The molecule has 0 saturated heterocycles. The van der Waals surface area contributed by atoms with Crippen molar-refractivity contribution < 1.29 is 9.53 Å². The van der Waals surface area contributed by atoms with E-state index in [2.05, 4.69) is 32.9 Å². The zero-order valence-corrected chi connectivity index (χ0v) is 14.9. The van der Waals surface area contributed by atoms with Gasteiger partial charge in [0.25, 0.3) is 0 Å². The number of fused-ring (bicyclic) bond motifs is 5. The molecule has 0 amide bonds. The number of carbonyl (C=O) groups is 1. The summed E-state index contributed by atoms with van der Waals surface area (Å²) in [7, 11) is 0. The van der Waals surface area contributed by atoms with Gasteiger partial charge >= 0.3 is 0 Å². The number of Topliss-reactive ketones (excluding diaryl/α,β-unsaturated/α-hetero) is 1. The van der Waals surface area contributed by atoms with E-state index in [0.717, 1.165) is 44.1 Å². The van der Waals surface area contributed by atoms with E-state index in [1.54, 1.807) is 0 Å². The standard InChI is InChI=1S/C21H30O2/c1-4-23-15-9-11-20(2)14(13-15)5-6-16-17-7-8-19(22)21(17,3)12-10-18(16)20/h5,13,16-18H,4,6-12H2,1-3H3/t16?,17?,18?,20-,21-/m1/s1. The van der Waals surface area contributed by atoms with Crippen LogP contribution in [0.25, 0.3) is 0 Å². The zero-order valence-electron chi connectivity index (χ0n) is 14.9. The van der Waals surface area contributed by atoms with Crippen molar-refractivity contribution >= 4 is 5.78 Å². The van der Waals surface area contributed by atoms with Crippen LogP contribution in [0.15, 0.2) is 23.5 Å². The first-order chi connectivity index (χ1) is 11.0. The largest absolute Gasteiger partial charge is 0.498 e. The Balaban J connectivity index is 1.67. The van der Waals surface area contributed by atoms with Crippen LogP contribution in [0.3, 0.4) is 0 Å². The lowest BCUT2D eigenvalue weighted by atomic mass is 9.49. The summed E-state index contributed by atoms with van der Waals surface area (Å²) in [5.74, 6) is 3.82. The number of ether oxygens (including phenoxy) is 1. The SMILES string of the molecule is CCOC1=CC2=CCC3C4CCC(=O)[C@]4(C)CCC3[C@]2(C)CC1. The first-order valence-corrected chi connectivity index (χ1v) is 9.56. The molecule has 2 fully saturated rings. The molecule has 4 aliphatic carbocycles. The minimum atomic E-state index is -0.0101. The molecular weight excluding hydrogens is 284 g/mol. The lowest BCUT2D eigenvalue weighted by Gasteiger charge is -2.55. The third-order valence-electron chi connectivity index (χ3n) is 7.77. The molecule has 0 aromatic heterocycles. The first kappa shape index (κ1) is 15.5. The maximum atomic E-state index is 12.4. The third kappa shape index (κ3) is 2.09. The van der Waals surface area contributed by atoms with Crippen LogP contribution in [0.2, 0.25) is 0 Å². The summed E-state index contributed by atoms with van der Waals surface area (Å²) in [6, 6.07) is 0. The van der Waals surface area contributed by atoms with E-state index in [-0.39, 0.29) is 5.41 Å². The fourth-order valence-corrected chi connectivity index (χ4v) is 6.37. The van der Waals surface area contributed by atoms with Gasteiger partial charge in [0.05, 0.1) is 12.4 Å². The molecular formula is C21H30O2. The summed E-state index contributed by atoms with van der Waals surface area (Å²) in [5.41, 5.74) is 1.81. The van der Waals surface area contributed by atoms with Crippen molar-refractivity contribution in [2.75, 3.05) is 6.61 Å². The lowest BCUT2D eigenvalue weighted by Crippen LogP contribution is -2.49. The number of hydrogen-bond acceptors (Lipinski definition) is 2. The number of carbonyl (C=O) groups excluding carboxylic acids is 1. The number of rotatable bonds is 2. The quantitative estimate of drug-likeness (QED) is 0.713. The monoisotopic (exact) mass is 314 g/mol. The molecule has 4 rings (SSSR count). The third-order valence-corrected chi connectivity index (χ3v) is 7.77. The van der Waals surface area contributed by atoms with Gasteiger partial charge in [-0.3, -0.25) is 4.79 Å². The van der Waals surface area contributed by atoms with Crippen LogP contribution < -0.4 is 0 Å². The van der Waals surface area contributed by atoms with Gasteiger partial charge in [-0.15, -0.1) is 0 Å². The molecule has 0 aromatic rings. The Kier molecular flexibility index (Phi) is 3.52. The second-order valence-corrected chi connectivity index (χ2v) is 8.65. The second kappa shape index (κ2) is 5.22. The maximum Gasteiger partial charge on any atom is 0.139 e. The molecule has 2 saturated carbocycles. The summed E-state index contributed by atoms with van der Waals surface area (Å²) in [6.45, 7) is 7.58. The average molecular weight is 314 g/mol. The maximum absolute atomic E-state index is 12.4. The Morgan fingerprint density at radius 1 is 1.13 bits per heavy atom. The van der Waals surface area contributed by atoms with Gasteiger partial charge in [-0.05, 0) is 73.8 Å². The Morgan fingerprint density at radius 2 is 1.91 bits per heavy atom. The molecule has 126 valence electrons. The molecule has 0 aliphatic heterocycles. The van der Waals surface area contributed by atoms with E-state index in [1.165, 1.54) is 30.6 Å². The molecule has 2 nitrogen and oxygen atoms in total. The Labute approximate surface area is 140 Å². The highest BCUT2D eigenvalue weighted by Gasteiger charge is 2.58. The van der Waals surface area contributed by atoms with Gasteiger partial charge in [0.1, 0.15) is 5.78 Å². The van der Waals surface area contributed by atoms with Crippen molar-refractivity contribution in [2.24, 2.45) is 28.6 Å². The van der Waals surface area contributed by atoms with Crippen LogP contribution in [0.5, 0.6) is 0 Å². The highest BCUT2D eigenvalue weighted by atomic mass is 16.5. The van der Waals surface area contributed by atoms with Gasteiger partial charge in [-0.25, -0.2) is 0 Å². The van der Waals surface area contributed by atoms with Gasteiger partial charge in [0.2, 0.25) is 0 Å². The smallest absolute Gasteiger partial charge is 0.139 e. The minimum absolute atomic E-state index is 0.0101. The minimum Gasteiger partial charge on any atom is -0.498 e. The van der Waals surface area contributed by atoms with Gasteiger partial charge in [0.15, 0.2) is 0 Å². The van der Waals surface area contributed by atoms with Gasteiger partial charge in [-0.2, -0.15) is 0 Å². The topological polar surface area (TPSA) is 26.3 Å². The number of ketones is 1. The van der Waals surface area contributed by atoms with E-state index in [0.29, 0.717) is 17.1 Å². The molecule has 0 heterocycles. The van der Waals surface area contributed by atoms with Crippen molar-refractivity contribution in [3.63, 3.8) is 0 Å². The molecule has 0 bridgehead atoms. The summed E-state index contributed by atoms with van der Waals surface area (Å²) in [4.78, 5) is 12.4. The van der Waals surface area contributed by atoms with E-state index >= 15 is 0 Å². The van der Waals surface area contributed by atoms with Crippen LogP contribution in [0.1, 0.15) is 65.7 Å². The number of allylic oxidation sites excluding steroid dienone is 4. The number of hydrogen-bond donors (Lipinski definition) is 0. The lowest BCUT2D eigenvalue weighted by molar-refractivity contribution is -0.131. The van der Waals surface area contributed by atoms with Crippen LogP contribution in [-0.4, -0.2) is 12.4 Å². The molecule has 0 spiro atoms. The van der Waals surface area contributed by atoms with Crippen molar-refractivity contribution in [1.82, 2.24) is 0 Å². The average Bonchev–Trinajstić information content (AvgIpc) is 2.84. The fraction of sp³-hybridized carbons (Fsp3) is 0.762. The molecule has 23 heavy (non-hydrogen) atoms. The van der Waals surface area contributed by atoms with Gasteiger partial charge in [0, 0.05) is 18.3 Å². The predicted octanol–water partition coefficient (Wildman–Crippen LogP) is 5.05. The Morgan fingerprint density at radius 3 is 2.70 bits per heavy atom. The molecule has 4 aliphatic rings. The molecule has 0 radical (unpaired) electrons. The zero-order chi connectivity index (χ0) is 16.2. The highest BCUT2D eigenvalue weighted by molar-refractivity contribution is 5.87. The summed E-state index contributed by atoms with van der Waals surface area (Å²) in [6.07, 6.45) is 12.6. The Hall–Kier alpha value is -1.05. The second-order valence-electron chi connectivity index (χ2n) is 8.65. The molecule has 0 N–H and O–H groups in total. The van der Waals surface area contributed by atoms with Crippen molar-refractivity contribution in [3.05, 3.63) is 23.5 Å². The predicted molar refractivity (Wildman–Crippen MR) is 91.8 cm³/mol. The van der Waals surface area contributed by atoms with Crippen LogP contribution >= 0.6 is 0 Å². The van der Waals surface area contributed by atoms with Crippen LogP contribution in [-0.2, 0) is 9.53 Å². The summed E-state index contributed by atoms with van der Waals surface area (Å²) >= 11 is 0. The molecule has 3 unspecified atom stereocenters. The van der Waals surface area contributed by atoms with E-state index < -0.39 is 0 Å². The van der Waals surface area contributed by atoms with Crippen LogP contribution in [0, 0.1) is 28.6 Å². The van der Waals surface area contributed by atoms with E-state index in [4.69, 9.17) is 4.74 Å². The van der Waals surface area contributed by atoms with Crippen molar-refractivity contribution in [2.45, 2.75) is 65.7 Å². The Bertz CT molecular complexity index is 587. The summed E-state index contributed by atoms with van der Waals surface area (Å²) < 4.78 is 5.79. The molecule has 2 heteroatoms. The van der Waals surface area contributed by atoms with Crippen molar-refractivity contribution in [3.8, 4) is 0 Å². The normalized spacial score (nSPS) is 45.5. The van der Waals surface area contributed by atoms with E-state index in [9.17, 15) is 4.79 Å². The van der Waals surface area contributed by atoms with Gasteiger partial charge < -0.3 is 4.74 Å². The van der Waals surface area contributed by atoms with Gasteiger partial charge in [-0.1, -0.05) is 19.9 Å². The van der Waals surface area contributed by atoms with E-state index in [1.807, 2.05) is 0 Å². The highest BCUT2D eigenvalue weighted by Crippen LogP contribution is 2.63. The fourth-order valence-electron chi connectivity index (χ4n) is 6.37. The van der Waals surface area contributed by atoms with Crippen LogP contribution in [0.4, 0.5) is 0 Å². The first-order valence-electron chi connectivity index (χ1n) is 9.56. The molecule has 5 atom stereocenters. The molecule has 0 aromatic carbocycles. The van der Waals surface area contributed by atoms with Crippen molar-refractivity contribution in [1.29, 1.82) is 0 Å².